The van der Waals surface area contributed by atoms with Gasteiger partial charge in [0.2, 0.25) is 12.7 Å². The lowest BCUT2D eigenvalue weighted by atomic mass is 9.86. The molecule has 1 amide bonds. The Bertz CT molecular complexity index is 1300. The Morgan fingerprint density at radius 3 is 2.47 bits per heavy atom. The van der Waals surface area contributed by atoms with E-state index in [-0.39, 0.29) is 15.4 Å². The molecule has 34 heavy (non-hydrogen) atoms. The second kappa shape index (κ2) is 8.61. The van der Waals surface area contributed by atoms with Crippen LogP contribution in [0.3, 0.4) is 0 Å². The summed E-state index contributed by atoms with van der Waals surface area (Å²) in [6.45, 7) is 3.71. The van der Waals surface area contributed by atoms with Crippen LogP contribution in [-0.2, 0) is 21.4 Å². The molecule has 1 aliphatic heterocycles. The zero-order valence-corrected chi connectivity index (χ0v) is 19.3. The molecule has 1 heterocycles. The smallest absolute Gasteiger partial charge is 0.250 e. The molecule has 1 aliphatic carbocycles. The lowest BCUT2D eigenvalue weighted by Gasteiger charge is -2.17. The first kappa shape index (κ1) is 22.2. The summed E-state index contributed by atoms with van der Waals surface area (Å²) in [5, 5.41) is 11.6. The Morgan fingerprint density at radius 1 is 0.941 bits per heavy atom. The number of benzene rings is 3. The normalized spacial score (nSPS) is 15.1. The first-order chi connectivity index (χ1) is 16.4. The first-order valence-electron chi connectivity index (χ1n) is 11.4. The van der Waals surface area contributed by atoms with Gasteiger partial charge in [0, 0.05) is 15.0 Å². The summed E-state index contributed by atoms with van der Waals surface area (Å²) in [7, 11) is 0. The minimum atomic E-state index is -0.552. The van der Waals surface area contributed by atoms with Crippen LogP contribution in [0.4, 0.5) is 5.69 Å². The highest BCUT2D eigenvalue weighted by molar-refractivity contribution is 5.95. The average molecular weight is 462 g/mol. The zero-order valence-electron chi connectivity index (χ0n) is 19.3. The fraction of sp³-hybridized carbons (Fsp3) is 0.286. The van der Waals surface area contributed by atoms with Gasteiger partial charge in [0.25, 0.3) is 0 Å². The fourth-order valence-electron chi connectivity index (χ4n) is 4.72. The van der Waals surface area contributed by atoms with Crippen LogP contribution in [0.2, 0.25) is 0 Å². The molecular weight excluding hydrogens is 430 g/mol. The number of Topliss-reactive ketones (excluding diaryl/α,β-unsaturated/α-hetero) is 1. The maximum Gasteiger partial charge on any atom is 0.250 e. The number of ketones is 1. The summed E-state index contributed by atoms with van der Waals surface area (Å²) in [5.74, 6) is 1.22. The van der Waals surface area contributed by atoms with Crippen molar-refractivity contribution in [3.8, 4) is 22.6 Å². The number of nitrogens with one attached hydrogen (secondary N) is 1. The van der Waals surface area contributed by atoms with E-state index in [0.29, 0.717) is 17.9 Å². The van der Waals surface area contributed by atoms with E-state index in [1.165, 1.54) is 0 Å². The number of fused-ring (bicyclic) bond motifs is 1. The summed E-state index contributed by atoms with van der Waals surface area (Å²) in [6.07, 6.45) is 2.07. The van der Waals surface area contributed by atoms with Gasteiger partial charge in [-0.1, -0.05) is 30.3 Å². The summed E-state index contributed by atoms with van der Waals surface area (Å²) in [5.41, 5.74) is 6.42. The highest BCUT2D eigenvalue weighted by Gasteiger charge is 2.50. The molecule has 0 atom stereocenters. The molecule has 0 radical (unpaired) electrons. The number of carbonyl (C=O) groups is 2. The quantitative estimate of drug-likeness (QED) is 0.519. The zero-order chi connectivity index (χ0) is 23.9. The number of hydrogen-bond donors (Lipinski definition) is 2. The summed E-state index contributed by atoms with van der Waals surface area (Å²) < 4.78 is 10.9. The van der Waals surface area contributed by atoms with Gasteiger partial charge in [0.1, 0.15) is 12.4 Å². The molecule has 6 heteroatoms. The standard InChI is InChI=1S/C28H27NO5.2H2/c1-17-3-4-19(12-23(17)22-7-6-21(11-18(22)2)29-27(32)15-30)13-26(31)28(9-10-28)20-5-8-24-25(14-20)34-16-33-24;;/h3-8,11-12,14,30H,9-10,13,15-16H2,1-2H3,(H,29,32);2*1H. The molecule has 0 spiro atoms. The van der Waals surface area contributed by atoms with Crippen LogP contribution >= 0.6 is 0 Å². The summed E-state index contributed by atoms with van der Waals surface area (Å²) in [6, 6.07) is 17.7. The minimum absolute atomic E-state index is 0. The van der Waals surface area contributed by atoms with Gasteiger partial charge >= 0.3 is 0 Å². The van der Waals surface area contributed by atoms with E-state index in [9.17, 15) is 9.59 Å². The van der Waals surface area contributed by atoms with Crippen LogP contribution in [0.1, 0.15) is 37.9 Å². The van der Waals surface area contributed by atoms with Crippen molar-refractivity contribution in [2.24, 2.45) is 0 Å². The number of aliphatic hydroxyl groups excluding tert-OH is 1. The number of ether oxygens (including phenoxy) is 2. The van der Waals surface area contributed by atoms with Crippen LogP contribution in [0.15, 0.2) is 54.6 Å². The van der Waals surface area contributed by atoms with Gasteiger partial charge < -0.3 is 19.9 Å². The lowest BCUT2D eigenvalue weighted by molar-refractivity contribution is -0.121. The van der Waals surface area contributed by atoms with Crippen LogP contribution in [-0.4, -0.2) is 30.2 Å². The van der Waals surface area contributed by atoms with E-state index >= 15 is 0 Å². The molecule has 0 aromatic heterocycles. The Kier molecular flexibility index (Phi) is 5.62. The Hall–Kier alpha value is -3.64. The SMILES string of the molecule is Cc1cc(NC(=O)CO)ccc1-c1cc(CC(=O)C2(c3ccc4c(c3)OCO4)CC2)ccc1C.[HH].[HH]. The Balaban J connectivity index is 0.00000180. The molecule has 3 aromatic rings. The van der Waals surface area contributed by atoms with Gasteiger partial charge in [-0.05, 0) is 84.3 Å². The molecule has 2 aliphatic rings. The molecule has 2 N–H and O–H groups in total. The first-order valence-corrected chi connectivity index (χ1v) is 11.4. The second-order valence-corrected chi connectivity index (χ2v) is 9.14. The average Bonchev–Trinajstić information content (AvgIpc) is 3.51. The molecule has 6 nitrogen and oxygen atoms in total. The molecular formula is C28H31NO5. The predicted molar refractivity (Wildman–Crippen MR) is 133 cm³/mol. The maximum absolute atomic E-state index is 13.4. The molecule has 5 rings (SSSR count). The molecule has 1 saturated carbocycles. The number of rotatable bonds is 7. The molecule has 0 unspecified atom stereocenters. The number of aliphatic hydroxyl groups is 1. The van der Waals surface area contributed by atoms with Gasteiger partial charge in [-0.25, -0.2) is 0 Å². The highest BCUT2D eigenvalue weighted by Crippen LogP contribution is 2.51. The summed E-state index contributed by atoms with van der Waals surface area (Å²) in [4.78, 5) is 24.9. The molecule has 0 saturated heterocycles. The maximum atomic E-state index is 13.4. The van der Waals surface area contributed by atoms with E-state index in [1.54, 1.807) is 0 Å². The topological polar surface area (TPSA) is 84.9 Å². The van der Waals surface area contributed by atoms with Crippen molar-refractivity contribution in [2.75, 3.05) is 18.7 Å². The number of anilines is 1. The van der Waals surface area contributed by atoms with E-state index in [0.717, 1.165) is 52.0 Å². The Labute approximate surface area is 201 Å². The number of amides is 1. The van der Waals surface area contributed by atoms with E-state index in [4.69, 9.17) is 14.6 Å². The number of carbonyl (C=O) groups excluding carboxylic acids is 2. The minimum Gasteiger partial charge on any atom is -0.454 e. The number of hydrogen-bond acceptors (Lipinski definition) is 5. The van der Waals surface area contributed by atoms with Crippen LogP contribution in [0, 0.1) is 13.8 Å². The van der Waals surface area contributed by atoms with Crippen LogP contribution < -0.4 is 14.8 Å². The number of aryl methyl sites for hydroxylation is 2. The third-order valence-corrected chi connectivity index (χ3v) is 6.82. The van der Waals surface area contributed by atoms with Crippen molar-refractivity contribution in [1.29, 1.82) is 0 Å². The second-order valence-electron chi connectivity index (χ2n) is 9.14. The molecule has 0 bridgehead atoms. The third-order valence-electron chi connectivity index (χ3n) is 6.82. The van der Waals surface area contributed by atoms with Gasteiger partial charge in [-0.15, -0.1) is 0 Å². The van der Waals surface area contributed by atoms with Gasteiger partial charge in [0.05, 0.1) is 5.41 Å². The van der Waals surface area contributed by atoms with Crippen molar-refractivity contribution in [1.82, 2.24) is 0 Å². The lowest BCUT2D eigenvalue weighted by Crippen LogP contribution is -2.22. The monoisotopic (exact) mass is 461 g/mol. The fourth-order valence-corrected chi connectivity index (χ4v) is 4.72. The van der Waals surface area contributed by atoms with Crippen molar-refractivity contribution in [3.05, 3.63) is 76.9 Å². The summed E-state index contributed by atoms with van der Waals surface area (Å²) >= 11 is 0. The van der Waals surface area contributed by atoms with E-state index in [2.05, 4.69) is 24.4 Å². The van der Waals surface area contributed by atoms with Crippen molar-refractivity contribution in [3.63, 3.8) is 0 Å². The highest BCUT2D eigenvalue weighted by atomic mass is 16.7. The predicted octanol–water partition coefficient (Wildman–Crippen LogP) is 4.97. The van der Waals surface area contributed by atoms with E-state index < -0.39 is 17.9 Å². The van der Waals surface area contributed by atoms with Gasteiger partial charge in [-0.2, -0.15) is 0 Å². The van der Waals surface area contributed by atoms with Crippen molar-refractivity contribution >= 4 is 17.4 Å². The van der Waals surface area contributed by atoms with Crippen molar-refractivity contribution in [2.45, 2.75) is 38.5 Å². The Morgan fingerprint density at radius 2 is 1.74 bits per heavy atom. The van der Waals surface area contributed by atoms with Crippen molar-refractivity contribution < 1.29 is 27.0 Å². The van der Waals surface area contributed by atoms with Gasteiger partial charge in [0.15, 0.2) is 11.5 Å². The van der Waals surface area contributed by atoms with Gasteiger partial charge in [-0.3, -0.25) is 9.59 Å². The van der Waals surface area contributed by atoms with E-state index in [1.807, 2.05) is 49.4 Å². The largest absolute Gasteiger partial charge is 0.454 e. The van der Waals surface area contributed by atoms with Crippen LogP contribution in [0.25, 0.3) is 11.1 Å². The molecule has 178 valence electrons. The molecule has 3 aromatic carbocycles. The third kappa shape index (κ3) is 4.05. The molecule has 1 fully saturated rings. The van der Waals surface area contributed by atoms with Crippen LogP contribution in [0.5, 0.6) is 11.5 Å².